The van der Waals surface area contributed by atoms with Crippen molar-refractivity contribution in [1.29, 1.82) is 0 Å². The van der Waals surface area contributed by atoms with Gasteiger partial charge in [-0.15, -0.1) is 24.0 Å². The van der Waals surface area contributed by atoms with E-state index in [0.717, 1.165) is 45.0 Å². The molecule has 1 aromatic rings. The summed E-state index contributed by atoms with van der Waals surface area (Å²) in [6.45, 7) is 6.72. The lowest BCUT2D eigenvalue weighted by Crippen LogP contribution is -2.38. The Hall–Kier alpha value is -0.860. The van der Waals surface area contributed by atoms with E-state index in [1.165, 1.54) is 11.1 Å². The first-order valence-electron chi connectivity index (χ1n) is 8.51. The summed E-state index contributed by atoms with van der Waals surface area (Å²) >= 11 is 0. The van der Waals surface area contributed by atoms with Gasteiger partial charge in [0.25, 0.3) is 0 Å². The van der Waals surface area contributed by atoms with Gasteiger partial charge in [-0.3, -0.25) is 4.99 Å². The van der Waals surface area contributed by atoms with Gasteiger partial charge in [0.2, 0.25) is 0 Å². The zero-order valence-corrected chi connectivity index (χ0v) is 17.0. The summed E-state index contributed by atoms with van der Waals surface area (Å²) in [4.78, 5) is 4.72. The molecule has 0 fully saturated rings. The summed E-state index contributed by atoms with van der Waals surface area (Å²) in [6.07, 6.45) is 2.10. The normalized spacial score (nSPS) is 15.9. The Kier molecular flexibility index (Phi) is 11.0. The largest absolute Gasteiger partial charge is 0.382 e. The van der Waals surface area contributed by atoms with Crippen LogP contribution in [0.3, 0.4) is 0 Å². The molecule has 1 aliphatic rings. The fourth-order valence-corrected chi connectivity index (χ4v) is 2.69. The zero-order chi connectivity index (χ0) is 16.3. The molecule has 0 heterocycles. The molecule has 136 valence electrons. The van der Waals surface area contributed by atoms with Crippen molar-refractivity contribution in [3.8, 4) is 0 Å². The third kappa shape index (κ3) is 6.94. The number of hydrogen-bond donors (Lipinski definition) is 2. The number of nitrogens with one attached hydrogen (secondary N) is 2. The zero-order valence-electron chi connectivity index (χ0n) is 14.7. The maximum absolute atomic E-state index is 5.45. The minimum absolute atomic E-state index is 0. The number of guanidine groups is 1. The second-order valence-electron chi connectivity index (χ2n) is 5.70. The number of halogens is 1. The third-order valence-corrected chi connectivity index (χ3v) is 3.96. The molecule has 1 unspecified atom stereocenters. The molecule has 1 aromatic carbocycles. The molecule has 1 atom stereocenters. The molecule has 0 saturated heterocycles. The van der Waals surface area contributed by atoms with E-state index in [2.05, 4.69) is 41.8 Å². The van der Waals surface area contributed by atoms with Crippen LogP contribution in [0.1, 0.15) is 30.4 Å². The molecule has 0 spiro atoms. The fraction of sp³-hybridized carbons (Fsp3) is 0.611. The van der Waals surface area contributed by atoms with Crippen molar-refractivity contribution in [2.45, 2.75) is 25.7 Å². The minimum Gasteiger partial charge on any atom is -0.382 e. The van der Waals surface area contributed by atoms with Crippen molar-refractivity contribution in [1.82, 2.24) is 10.6 Å². The van der Waals surface area contributed by atoms with Crippen LogP contribution >= 0.6 is 24.0 Å². The monoisotopic (exact) mass is 447 g/mol. The number of rotatable bonds is 10. The topological polar surface area (TPSA) is 54.9 Å². The molecule has 2 rings (SSSR count). The van der Waals surface area contributed by atoms with E-state index in [4.69, 9.17) is 14.5 Å². The van der Waals surface area contributed by atoms with Gasteiger partial charge < -0.3 is 20.1 Å². The molecule has 0 aliphatic heterocycles. The highest BCUT2D eigenvalue weighted by atomic mass is 127. The molecule has 0 radical (unpaired) electrons. The van der Waals surface area contributed by atoms with Crippen LogP contribution in [0.2, 0.25) is 0 Å². The first-order valence-corrected chi connectivity index (χ1v) is 8.51. The standard InChI is InChI=1S/C18H29N3O2.HI/c1-3-19-18(20-9-6-10-23-12-11-22-2)21-14-16-13-15-7-4-5-8-17(15)16;/h4-5,7-8,16H,3,6,9-14H2,1-2H3,(H2,19,20,21);1H. The van der Waals surface area contributed by atoms with Crippen LogP contribution in [0.5, 0.6) is 0 Å². The van der Waals surface area contributed by atoms with Gasteiger partial charge in [-0.25, -0.2) is 0 Å². The number of fused-ring (bicyclic) bond motifs is 1. The molecule has 0 amide bonds. The Morgan fingerprint density at radius 1 is 1.21 bits per heavy atom. The second-order valence-corrected chi connectivity index (χ2v) is 5.70. The fourth-order valence-electron chi connectivity index (χ4n) is 2.69. The minimum atomic E-state index is 0. The average molecular weight is 447 g/mol. The second kappa shape index (κ2) is 12.5. The molecule has 6 heteroatoms. The number of benzene rings is 1. The van der Waals surface area contributed by atoms with E-state index in [-0.39, 0.29) is 24.0 Å². The summed E-state index contributed by atoms with van der Waals surface area (Å²) in [7, 11) is 1.69. The Morgan fingerprint density at radius 2 is 2.04 bits per heavy atom. The van der Waals surface area contributed by atoms with Crippen molar-refractivity contribution >= 4 is 29.9 Å². The highest BCUT2D eigenvalue weighted by Gasteiger charge is 2.24. The van der Waals surface area contributed by atoms with Crippen LogP contribution in [0.25, 0.3) is 0 Å². The van der Waals surface area contributed by atoms with E-state index in [1.54, 1.807) is 7.11 Å². The van der Waals surface area contributed by atoms with E-state index in [0.29, 0.717) is 19.1 Å². The van der Waals surface area contributed by atoms with Gasteiger partial charge in [0, 0.05) is 39.3 Å². The summed E-state index contributed by atoms with van der Waals surface area (Å²) < 4.78 is 10.4. The molecule has 24 heavy (non-hydrogen) atoms. The number of aliphatic imine (C=N–C) groups is 1. The van der Waals surface area contributed by atoms with E-state index in [1.807, 2.05) is 0 Å². The van der Waals surface area contributed by atoms with Crippen LogP contribution in [-0.2, 0) is 15.9 Å². The van der Waals surface area contributed by atoms with Crippen molar-refractivity contribution < 1.29 is 9.47 Å². The summed E-state index contributed by atoms with van der Waals surface area (Å²) in [5.41, 5.74) is 2.93. The first kappa shape index (κ1) is 21.2. The van der Waals surface area contributed by atoms with Crippen molar-refractivity contribution in [3.63, 3.8) is 0 Å². The maximum atomic E-state index is 5.45. The molecule has 0 saturated carbocycles. The van der Waals surface area contributed by atoms with Crippen LogP contribution in [0.15, 0.2) is 29.3 Å². The number of hydrogen-bond acceptors (Lipinski definition) is 3. The molecule has 2 N–H and O–H groups in total. The van der Waals surface area contributed by atoms with Gasteiger partial charge in [0.1, 0.15) is 0 Å². The predicted molar refractivity (Wildman–Crippen MR) is 110 cm³/mol. The van der Waals surface area contributed by atoms with E-state index >= 15 is 0 Å². The Bertz CT molecular complexity index is 497. The van der Waals surface area contributed by atoms with Gasteiger partial charge in [-0.1, -0.05) is 24.3 Å². The number of methoxy groups -OCH3 is 1. The molecular formula is C18H30IN3O2. The lowest BCUT2D eigenvalue weighted by Gasteiger charge is -2.28. The molecule has 0 aromatic heterocycles. The van der Waals surface area contributed by atoms with Gasteiger partial charge in [0.15, 0.2) is 5.96 Å². The average Bonchev–Trinajstić information content (AvgIpc) is 2.54. The highest BCUT2D eigenvalue weighted by molar-refractivity contribution is 14.0. The SMILES string of the molecule is CCNC(=NCC1Cc2ccccc21)NCCCOCCOC.I. The van der Waals surface area contributed by atoms with Crippen LogP contribution < -0.4 is 10.6 Å². The number of ether oxygens (including phenoxy) is 2. The maximum Gasteiger partial charge on any atom is 0.191 e. The molecular weight excluding hydrogens is 417 g/mol. The van der Waals surface area contributed by atoms with Crippen molar-refractivity contribution in [3.05, 3.63) is 35.4 Å². The van der Waals surface area contributed by atoms with Crippen LogP contribution in [-0.4, -0.2) is 52.5 Å². The molecule has 5 nitrogen and oxygen atoms in total. The number of nitrogens with zero attached hydrogens (tertiary/aromatic N) is 1. The Balaban J connectivity index is 0.00000288. The van der Waals surface area contributed by atoms with Gasteiger partial charge in [-0.05, 0) is 30.9 Å². The molecule has 1 aliphatic carbocycles. The van der Waals surface area contributed by atoms with E-state index < -0.39 is 0 Å². The van der Waals surface area contributed by atoms with Crippen LogP contribution in [0, 0.1) is 0 Å². The van der Waals surface area contributed by atoms with E-state index in [9.17, 15) is 0 Å². The van der Waals surface area contributed by atoms with Gasteiger partial charge in [-0.2, -0.15) is 0 Å². The van der Waals surface area contributed by atoms with Gasteiger partial charge in [0.05, 0.1) is 13.2 Å². The van der Waals surface area contributed by atoms with Gasteiger partial charge >= 0.3 is 0 Å². The quantitative estimate of drug-likeness (QED) is 0.251. The summed E-state index contributed by atoms with van der Waals surface area (Å²) in [5, 5.41) is 6.67. The summed E-state index contributed by atoms with van der Waals surface area (Å²) in [6, 6.07) is 8.65. The highest BCUT2D eigenvalue weighted by Crippen LogP contribution is 2.34. The lowest BCUT2D eigenvalue weighted by molar-refractivity contribution is 0.0698. The van der Waals surface area contributed by atoms with Crippen molar-refractivity contribution in [2.75, 3.05) is 46.6 Å². The van der Waals surface area contributed by atoms with Crippen LogP contribution in [0.4, 0.5) is 0 Å². The smallest absolute Gasteiger partial charge is 0.191 e. The molecule has 0 bridgehead atoms. The van der Waals surface area contributed by atoms with Crippen molar-refractivity contribution in [2.24, 2.45) is 4.99 Å². The Morgan fingerprint density at radius 3 is 2.79 bits per heavy atom. The summed E-state index contributed by atoms with van der Waals surface area (Å²) in [5.74, 6) is 1.47. The third-order valence-electron chi connectivity index (χ3n) is 3.96. The Labute approximate surface area is 162 Å². The lowest BCUT2D eigenvalue weighted by atomic mass is 9.78. The predicted octanol–water partition coefficient (Wildman–Crippen LogP) is 2.55. The first-order chi connectivity index (χ1) is 11.3.